The maximum absolute atomic E-state index is 11.5. The van der Waals surface area contributed by atoms with Gasteiger partial charge in [0.05, 0.1) is 0 Å². The van der Waals surface area contributed by atoms with Crippen LogP contribution >= 0.6 is 0 Å². The molecule has 0 amide bonds. The maximum atomic E-state index is 11.5. The summed E-state index contributed by atoms with van der Waals surface area (Å²) in [5, 5.41) is 0. The molecule has 4 unspecified atom stereocenters. The Balaban J connectivity index is 1.71. The van der Waals surface area contributed by atoms with E-state index >= 15 is 0 Å². The third-order valence-corrected chi connectivity index (χ3v) is 7.00. The summed E-state index contributed by atoms with van der Waals surface area (Å²) in [4.78, 5) is 11.5. The third-order valence-electron chi connectivity index (χ3n) is 7.00. The largest absolute Gasteiger partial charge is 0.462 e. The Morgan fingerprint density at radius 3 is 2.76 bits per heavy atom. The van der Waals surface area contributed by atoms with Gasteiger partial charge in [0, 0.05) is 11.8 Å². The van der Waals surface area contributed by atoms with E-state index in [1.165, 1.54) is 6.42 Å². The van der Waals surface area contributed by atoms with Crippen molar-refractivity contribution in [1.29, 1.82) is 0 Å². The van der Waals surface area contributed by atoms with Gasteiger partial charge in [-0.15, -0.1) is 0 Å². The molecule has 94 valence electrons. The van der Waals surface area contributed by atoms with Gasteiger partial charge in [0.25, 0.3) is 0 Å². The molecule has 4 aliphatic rings. The zero-order valence-corrected chi connectivity index (χ0v) is 11.0. The molecule has 0 bridgehead atoms. The molecule has 0 aromatic heterocycles. The Labute approximate surface area is 103 Å². The number of rotatable bonds is 0. The van der Waals surface area contributed by atoms with Gasteiger partial charge in [-0.25, -0.2) is 0 Å². The second-order valence-corrected chi connectivity index (χ2v) is 7.29. The van der Waals surface area contributed by atoms with Crippen molar-refractivity contribution in [1.82, 2.24) is 0 Å². The Morgan fingerprint density at radius 1 is 1.29 bits per heavy atom. The van der Waals surface area contributed by atoms with E-state index < -0.39 is 0 Å². The molecule has 0 aromatic carbocycles. The molecule has 1 heterocycles. The van der Waals surface area contributed by atoms with Crippen LogP contribution in [0.2, 0.25) is 0 Å². The zero-order chi connectivity index (χ0) is 12.0. The predicted octanol–water partition coefficient (Wildman–Crippen LogP) is 3.01. The van der Waals surface area contributed by atoms with Gasteiger partial charge in [-0.1, -0.05) is 20.8 Å². The highest BCUT2D eigenvalue weighted by Gasteiger charge is 2.82. The minimum Gasteiger partial charge on any atom is -0.462 e. The molecule has 3 aliphatic carbocycles. The van der Waals surface area contributed by atoms with Crippen molar-refractivity contribution >= 4 is 5.97 Å². The highest BCUT2D eigenvalue weighted by molar-refractivity contribution is 5.70. The van der Waals surface area contributed by atoms with Crippen molar-refractivity contribution in [3.8, 4) is 0 Å². The molecular weight excluding hydrogens is 212 g/mol. The van der Waals surface area contributed by atoms with Gasteiger partial charge < -0.3 is 4.74 Å². The average Bonchev–Trinajstić information content (AvgIpc) is 2.77. The molecule has 1 spiro atoms. The summed E-state index contributed by atoms with van der Waals surface area (Å²) >= 11 is 0. The summed E-state index contributed by atoms with van der Waals surface area (Å²) in [6.07, 6.45) is 4.35. The van der Waals surface area contributed by atoms with Gasteiger partial charge in [-0.3, -0.25) is 4.79 Å². The van der Waals surface area contributed by atoms with E-state index in [2.05, 4.69) is 20.8 Å². The normalized spacial score (nSPS) is 63.7. The minimum atomic E-state index is 0.0378. The zero-order valence-electron chi connectivity index (χ0n) is 11.0. The second kappa shape index (κ2) is 2.73. The summed E-state index contributed by atoms with van der Waals surface area (Å²) in [6, 6.07) is 0. The standard InChI is InChI=1S/C15H22O2/c1-8-12-9(2)15(12)7-4-10-14(3,13(8)15)6-5-11(16)17-10/h8-10,12-13H,4-7H2,1-3H3/t8?,9?,10-,12?,13?,14+,15+/m0/s1. The van der Waals surface area contributed by atoms with Crippen molar-refractivity contribution in [2.24, 2.45) is 34.5 Å². The second-order valence-electron chi connectivity index (χ2n) is 7.29. The molecule has 0 aromatic rings. The molecular formula is C15H22O2. The lowest BCUT2D eigenvalue weighted by atomic mass is 9.46. The molecule has 2 nitrogen and oxygen atoms in total. The Morgan fingerprint density at radius 2 is 2.06 bits per heavy atom. The van der Waals surface area contributed by atoms with Crippen LogP contribution in [0.4, 0.5) is 0 Å². The molecule has 4 fully saturated rings. The fourth-order valence-electron chi connectivity index (χ4n) is 6.48. The first-order valence-electron chi connectivity index (χ1n) is 7.21. The number of carbonyl (C=O) groups excluding carboxylic acids is 1. The first-order valence-corrected chi connectivity index (χ1v) is 7.21. The predicted molar refractivity (Wildman–Crippen MR) is 64.2 cm³/mol. The van der Waals surface area contributed by atoms with Gasteiger partial charge >= 0.3 is 5.97 Å². The molecule has 2 heteroatoms. The number of hydrogen-bond acceptors (Lipinski definition) is 2. The van der Waals surface area contributed by atoms with Crippen molar-refractivity contribution in [3.05, 3.63) is 0 Å². The van der Waals surface area contributed by atoms with E-state index in [0.29, 0.717) is 11.8 Å². The highest BCUT2D eigenvalue weighted by atomic mass is 16.5. The SMILES string of the molecule is CC1C2C(C)[C@]23CC[C@@H]2OC(=O)CC[C@@]2(C)C13. The number of esters is 1. The van der Waals surface area contributed by atoms with Crippen LogP contribution in [0.5, 0.6) is 0 Å². The van der Waals surface area contributed by atoms with E-state index in [1.54, 1.807) is 0 Å². The van der Waals surface area contributed by atoms with Crippen LogP contribution in [-0.2, 0) is 9.53 Å². The fraction of sp³-hybridized carbons (Fsp3) is 0.933. The quantitative estimate of drug-likeness (QED) is 0.602. The van der Waals surface area contributed by atoms with Crippen LogP contribution in [0.3, 0.4) is 0 Å². The van der Waals surface area contributed by atoms with Crippen LogP contribution in [0.25, 0.3) is 0 Å². The summed E-state index contributed by atoms with van der Waals surface area (Å²) in [7, 11) is 0. The fourth-order valence-corrected chi connectivity index (χ4v) is 6.48. The molecule has 7 atom stereocenters. The summed E-state index contributed by atoms with van der Waals surface area (Å²) in [6.45, 7) is 7.27. The summed E-state index contributed by atoms with van der Waals surface area (Å²) in [5.74, 6) is 3.63. The lowest BCUT2D eigenvalue weighted by Crippen LogP contribution is -2.59. The van der Waals surface area contributed by atoms with Crippen LogP contribution in [0, 0.1) is 34.5 Å². The van der Waals surface area contributed by atoms with Crippen molar-refractivity contribution < 1.29 is 9.53 Å². The smallest absolute Gasteiger partial charge is 0.306 e. The van der Waals surface area contributed by atoms with Crippen molar-refractivity contribution in [2.45, 2.75) is 52.6 Å². The minimum absolute atomic E-state index is 0.0378. The Hall–Kier alpha value is -0.530. The van der Waals surface area contributed by atoms with Crippen LogP contribution < -0.4 is 0 Å². The topological polar surface area (TPSA) is 26.3 Å². The van der Waals surface area contributed by atoms with Crippen LogP contribution in [-0.4, -0.2) is 12.1 Å². The molecule has 1 aliphatic heterocycles. The Kier molecular flexibility index (Phi) is 1.67. The first-order chi connectivity index (χ1) is 8.02. The van der Waals surface area contributed by atoms with E-state index in [0.717, 1.165) is 36.5 Å². The van der Waals surface area contributed by atoms with Crippen molar-refractivity contribution in [3.63, 3.8) is 0 Å². The van der Waals surface area contributed by atoms with E-state index in [1.807, 2.05) is 0 Å². The summed E-state index contributed by atoms with van der Waals surface area (Å²) < 4.78 is 5.65. The van der Waals surface area contributed by atoms with Gasteiger partial charge in [0.1, 0.15) is 6.10 Å². The van der Waals surface area contributed by atoms with Gasteiger partial charge in [-0.05, 0) is 48.3 Å². The van der Waals surface area contributed by atoms with Gasteiger partial charge in [-0.2, -0.15) is 0 Å². The molecule has 1 saturated heterocycles. The number of fused-ring (bicyclic) bond motifs is 2. The number of carbonyl (C=O) groups is 1. The first kappa shape index (κ1) is 10.4. The lowest BCUT2D eigenvalue weighted by molar-refractivity contribution is -0.203. The van der Waals surface area contributed by atoms with Gasteiger partial charge in [0.15, 0.2) is 0 Å². The van der Waals surface area contributed by atoms with E-state index in [-0.39, 0.29) is 17.5 Å². The maximum Gasteiger partial charge on any atom is 0.306 e. The van der Waals surface area contributed by atoms with E-state index in [9.17, 15) is 4.79 Å². The highest BCUT2D eigenvalue weighted by Crippen LogP contribution is 2.85. The Bertz CT molecular complexity index is 404. The van der Waals surface area contributed by atoms with Crippen molar-refractivity contribution in [2.75, 3.05) is 0 Å². The van der Waals surface area contributed by atoms with E-state index in [4.69, 9.17) is 4.74 Å². The molecule has 17 heavy (non-hydrogen) atoms. The monoisotopic (exact) mass is 234 g/mol. The summed E-state index contributed by atoms with van der Waals surface area (Å²) in [5.41, 5.74) is 0.946. The number of hydrogen-bond donors (Lipinski definition) is 0. The lowest BCUT2D eigenvalue weighted by Gasteiger charge is -2.60. The van der Waals surface area contributed by atoms with Crippen LogP contribution in [0.15, 0.2) is 0 Å². The number of ether oxygens (including phenoxy) is 1. The third kappa shape index (κ3) is 0.912. The average molecular weight is 234 g/mol. The molecule has 4 rings (SSSR count). The molecule has 0 radical (unpaired) electrons. The van der Waals surface area contributed by atoms with Crippen LogP contribution in [0.1, 0.15) is 46.5 Å². The van der Waals surface area contributed by atoms with Gasteiger partial charge in [0.2, 0.25) is 0 Å². The molecule has 3 saturated carbocycles. The molecule has 0 N–H and O–H groups in total.